The smallest absolute Gasteiger partial charge is 0.378 e. The maximum atomic E-state index is 13.7. The van der Waals surface area contributed by atoms with Gasteiger partial charge in [0.15, 0.2) is 5.96 Å². The van der Waals surface area contributed by atoms with Crippen LogP contribution in [0.5, 0.6) is 0 Å². The predicted octanol–water partition coefficient (Wildman–Crippen LogP) is 3.17. The number of morpholine rings is 1. The lowest BCUT2D eigenvalue weighted by molar-refractivity contribution is -0.138. The molecule has 0 saturated carbocycles. The van der Waals surface area contributed by atoms with Crippen molar-refractivity contribution in [2.45, 2.75) is 45.0 Å². The molecule has 9 heteroatoms. The van der Waals surface area contributed by atoms with Gasteiger partial charge < -0.3 is 25.0 Å². The number of halogens is 3. The molecular formula is C21H31F3N4O2. The third-order valence-corrected chi connectivity index (χ3v) is 5.46. The minimum atomic E-state index is -4.44. The van der Waals surface area contributed by atoms with E-state index < -0.39 is 11.7 Å². The highest BCUT2D eigenvalue weighted by Crippen LogP contribution is 2.35. The quantitative estimate of drug-likeness (QED) is 0.539. The zero-order valence-electron chi connectivity index (χ0n) is 17.6. The van der Waals surface area contributed by atoms with Crippen molar-refractivity contribution in [3.63, 3.8) is 0 Å². The molecule has 0 bridgehead atoms. The molecule has 0 spiro atoms. The summed E-state index contributed by atoms with van der Waals surface area (Å²) in [7, 11) is 0. The van der Waals surface area contributed by atoms with Gasteiger partial charge in [-0.1, -0.05) is 6.07 Å². The highest BCUT2D eigenvalue weighted by atomic mass is 19.4. The molecule has 3 rings (SSSR count). The van der Waals surface area contributed by atoms with Crippen molar-refractivity contribution >= 4 is 11.6 Å². The first kappa shape index (κ1) is 22.7. The molecule has 2 fully saturated rings. The van der Waals surface area contributed by atoms with E-state index in [9.17, 15) is 13.2 Å². The fraction of sp³-hybridized carbons (Fsp3) is 0.667. The average Bonchev–Trinajstić information content (AvgIpc) is 3.17. The topological polar surface area (TPSA) is 58.1 Å². The van der Waals surface area contributed by atoms with E-state index in [0.29, 0.717) is 51.0 Å². The largest absolute Gasteiger partial charge is 0.416 e. The van der Waals surface area contributed by atoms with Gasteiger partial charge in [0.25, 0.3) is 0 Å². The van der Waals surface area contributed by atoms with Crippen molar-refractivity contribution in [1.29, 1.82) is 0 Å². The molecule has 1 aromatic rings. The molecule has 2 saturated heterocycles. The summed E-state index contributed by atoms with van der Waals surface area (Å²) in [6.07, 6.45) is -2.49. The summed E-state index contributed by atoms with van der Waals surface area (Å²) in [5.74, 6) is 0.486. The molecule has 30 heavy (non-hydrogen) atoms. The lowest BCUT2D eigenvalue weighted by atomic mass is 10.0. The standard InChI is InChI=1S/C21H31F3N4O2/c1-3-25-19(27-15-20(2)7-4-10-30-20)26-14-16-5-6-17(13-18(16)21(22,23)24)28-8-11-29-12-9-28/h5-6,13H,3-4,7-12,14-15H2,1-2H3,(H2,25,26,27). The Hall–Kier alpha value is -2.00. The first-order valence-electron chi connectivity index (χ1n) is 10.5. The normalized spacial score (nSPS) is 23.0. The second-order valence-corrected chi connectivity index (χ2v) is 7.89. The molecule has 2 N–H and O–H groups in total. The van der Waals surface area contributed by atoms with Gasteiger partial charge >= 0.3 is 6.18 Å². The highest BCUT2D eigenvalue weighted by Gasteiger charge is 2.34. The molecule has 1 aromatic carbocycles. The van der Waals surface area contributed by atoms with E-state index in [2.05, 4.69) is 15.6 Å². The van der Waals surface area contributed by atoms with Crippen molar-refractivity contribution in [1.82, 2.24) is 10.6 Å². The van der Waals surface area contributed by atoms with Crippen molar-refractivity contribution in [2.75, 3.05) is 50.9 Å². The van der Waals surface area contributed by atoms with E-state index >= 15 is 0 Å². The first-order valence-corrected chi connectivity index (χ1v) is 10.5. The Morgan fingerprint density at radius 3 is 2.60 bits per heavy atom. The minimum Gasteiger partial charge on any atom is -0.378 e. The van der Waals surface area contributed by atoms with Crippen LogP contribution in [0.2, 0.25) is 0 Å². The molecule has 1 unspecified atom stereocenters. The zero-order chi connectivity index (χ0) is 21.6. The van der Waals surface area contributed by atoms with Crippen molar-refractivity contribution in [3.8, 4) is 0 Å². The van der Waals surface area contributed by atoms with E-state index in [-0.39, 0.29) is 17.7 Å². The summed E-state index contributed by atoms with van der Waals surface area (Å²) >= 11 is 0. The Morgan fingerprint density at radius 2 is 1.97 bits per heavy atom. The van der Waals surface area contributed by atoms with Crippen LogP contribution in [0.3, 0.4) is 0 Å². The molecule has 0 radical (unpaired) electrons. The Labute approximate surface area is 175 Å². The Kier molecular flexibility index (Phi) is 7.46. The second kappa shape index (κ2) is 9.87. The van der Waals surface area contributed by atoms with Crippen LogP contribution in [-0.2, 0) is 22.2 Å². The van der Waals surface area contributed by atoms with E-state index in [1.165, 1.54) is 12.1 Å². The minimum absolute atomic E-state index is 0.0643. The van der Waals surface area contributed by atoms with Gasteiger partial charge in [-0.05, 0) is 44.4 Å². The van der Waals surface area contributed by atoms with E-state index in [1.807, 2.05) is 18.7 Å². The third kappa shape index (κ3) is 6.01. The monoisotopic (exact) mass is 428 g/mol. The van der Waals surface area contributed by atoms with Crippen molar-refractivity contribution in [3.05, 3.63) is 29.3 Å². The number of rotatable bonds is 6. The number of nitrogens with zero attached hydrogens (tertiary/aromatic N) is 2. The molecule has 1 atom stereocenters. The van der Waals surface area contributed by atoms with Crippen LogP contribution in [0.4, 0.5) is 18.9 Å². The molecular weight excluding hydrogens is 397 g/mol. The molecule has 2 aliphatic rings. The van der Waals surface area contributed by atoms with Crippen LogP contribution < -0.4 is 15.5 Å². The second-order valence-electron chi connectivity index (χ2n) is 7.89. The number of hydrogen-bond acceptors (Lipinski definition) is 4. The van der Waals surface area contributed by atoms with Gasteiger partial charge in [-0.15, -0.1) is 0 Å². The van der Waals surface area contributed by atoms with Gasteiger partial charge in [-0.25, -0.2) is 4.99 Å². The van der Waals surface area contributed by atoms with Crippen LogP contribution in [0, 0.1) is 0 Å². The first-order chi connectivity index (χ1) is 14.3. The SMILES string of the molecule is CCNC(=NCc1ccc(N2CCOCC2)cc1C(F)(F)F)NCC1(C)CCCO1. The fourth-order valence-electron chi connectivity index (χ4n) is 3.74. The maximum Gasteiger partial charge on any atom is 0.416 e. The lowest BCUT2D eigenvalue weighted by Gasteiger charge is -2.29. The van der Waals surface area contributed by atoms with Gasteiger partial charge in [-0.2, -0.15) is 13.2 Å². The molecule has 0 aromatic heterocycles. The van der Waals surface area contributed by atoms with Crippen LogP contribution >= 0.6 is 0 Å². The Balaban J connectivity index is 1.75. The maximum absolute atomic E-state index is 13.7. The average molecular weight is 428 g/mol. The van der Waals surface area contributed by atoms with Crippen LogP contribution in [-0.4, -0.2) is 57.6 Å². The van der Waals surface area contributed by atoms with Gasteiger partial charge in [-0.3, -0.25) is 0 Å². The zero-order valence-corrected chi connectivity index (χ0v) is 17.6. The van der Waals surface area contributed by atoms with E-state index in [0.717, 1.165) is 19.4 Å². The van der Waals surface area contributed by atoms with E-state index in [4.69, 9.17) is 9.47 Å². The molecule has 2 aliphatic heterocycles. The van der Waals surface area contributed by atoms with Crippen LogP contribution in [0.1, 0.15) is 37.8 Å². The number of guanidine groups is 1. The number of benzene rings is 1. The predicted molar refractivity (Wildman–Crippen MR) is 111 cm³/mol. The number of anilines is 1. The van der Waals surface area contributed by atoms with Gasteiger partial charge in [0, 0.05) is 38.5 Å². The number of ether oxygens (including phenoxy) is 2. The summed E-state index contributed by atoms with van der Waals surface area (Å²) in [5, 5.41) is 6.30. The number of alkyl halides is 3. The van der Waals surface area contributed by atoms with E-state index in [1.54, 1.807) is 6.07 Å². The summed E-state index contributed by atoms with van der Waals surface area (Å²) in [6.45, 7) is 8.01. The van der Waals surface area contributed by atoms with Crippen molar-refractivity contribution < 1.29 is 22.6 Å². The summed E-state index contributed by atoms with van der Waals surface area (Å²) in [5.41, 5.74) is -0.195. The van der Waals surface area contributed by atoms with Crippen LogP contribution in [0.15, 0.2) is 23.2 Å². The summed E-state index contributed by atoms with van der Waals surface area (Å²) < 4.78 is 52.2. The number of hydrogen-bond donors (Lipinski definition) is 2. The fourth-order valence-corrected chi connectivity index (χ4v) is 3.74. The molecule has 0 aliphatic carbocycles. The van der Waals surface area contributed by atoms with Gasteiger partial charge in [0.05, 0.1) is 30.9 Å². The lowest BCUT2D eigenvalue weighted by Crippen LogP contribution is -2.45. The molecule has 2 heterocycles. The summed E-state index contributed by atoms with van der Waals surface area (Å²) in [4.78, 5) is 6.31. The molecule has 0 amide bonds. The highest BCUT2D eigenvalue weighted by molar-refractivity contribution is 5.79. The van der Waals surface area contributed by atoms with Crippen molar-refractivity contribution in [2.24, 2.45) is 4.99 Å². The van der Waals surface area contributed by atoms with Gasteiger partial charge in [0.2, 0.25) is 0 Å². The van der Waals surface area contributed by atoms with Gasteiger partial charge in [0.1, 0.15) is 0 Å². The van der Waals surface area contributed by atoms with Crippen LogP contribution in [0.25, 0.3) is 0 Å². The third-order valence-electron chi connectivity index (χ3n) is 5.46. The number of aliphatic imine (C=N–C) groups is 1. The molecule has 168 valence electrons. The summed E-state index contributed by atoms with van der Waals surface area (Å²) in [6, 6.07) is 4.49. The molecule has 6 nitrogen and oxygen atoms in total. The number of nitrogens with one attached hydrogen (secondary N) is 2. The Bertz CT molecular complexity index is 727. The Morgan fingerprint density at radius 1 is 1.20 bits per heavy atom.